The molecule has 1 aromatic carbocycles. The van der Waals surface area contributed by atoms with E-state index in [1.54, 1.807) is 0 Å². The maximum atomic E-state index is 4.10. The van der Waals surface area contributed by atoms with E-state index in [1.807, 2.05) is 18.7 Å². The summed E-state index contributed by atoms with van der Waals surface area (Å²) in [6.45, 7) is 6.10. The highest BCUT2D eigenvalue weighted by Crippen LogP contribution is 2.21. The van der Waals surface area contributed by atoms with Gasteiger partial charge in [0.05, 0.1) is 6.33 Å². The molecule has 3 rings (SSSR count). The molecule has 0 fully saturated rings. The Bertz CT molecular complexity index is 682. The average Bonchev–Trinajstić information content (AvgIpc) is 3.14. The van der Waals surface area contributed by atoms with Crippen molar-refractivity contribution in [2.75, 3.05) is 6.54 Å². The highest BCUT2D eigenvalue weighted by atomic mass is 15.1. The van der Waals surface area contributed by atoms with Crippen LogP contribution in [0.4, 0.5) is 0 Å². The number of hydrogen-bond acceptors (Lipinski definition) is 2. The van der Waals surface area contributed by atoms with Crippen LogP contribution >= 0.6 is 0 Å². The number of rotatable bonds is 7. The zero-order valence-electron chi connectivity index (χ0n) is 12.5. The van der Waals surface area contributed by atoms with E-state index in [0.29, 0.717) is 0 Å². The van der Waals surface area contributed by atoms with Crippen molar-refractivity contribution in [3.63, 3.8) is 0 Å². The Balaban J connectivity index is 1.80. The minimum absolute atomic E-state index is 0.937. The molecule has 0 aliphatic heterocycles. The summed E-state index contributed by atoms with van der Waals surface area (Å²) >= 11 is 0. The fourth-order valence-electron chi connectivity index (χ4n) is 2.69. The minimum atomic E-state index is 0.937. The number of benzene rings is 1. The monoisotopic (exact) mass is 282 g/mol. The second-order valence-corrected chi connectivity index (χ2v) is 5.34. The summed E-state index contributed by atoms with van der Waals surface area (Å²) in [4.78, 5) is 4.10. The molecule has 2 aromatic heterocycles. The Morgan fingerprint density at radius 3 is 2.90 bits per heavy atom. The van der Waals surface area contributed by atoms with Crippen LogP contribution in [0.5, 0.6) is 0 Å². The standard InChI is InChI=1S/C17H22N4/c1-2-7-18-12-15-13-21(11-10-20-9-8-19-14-20)17-6-4-3-5-16(15)17/h3-6,8-9,13-14,18H,2,7,10-12H2,1H3. The van der Waals surface area contributed by atoms with Crippen LogP contribution in [0, 0.1) is 0 Å². The molecule has 0 aliphatic carbocycles. The van der Waals surface area contributed by atoms with Crippen LogP contribution in [0.3, 0.4) is 0 Å². The Kier molecular flexibility index (Phi) is 4.36. The van der Waals surface area contributed by atoms with E-state index in [-0.39, 0.29) is 0 Å². The number of imidazole rings is 1. The van der Waals surface area contributed by atoms with Gasteiger partial charge in [0, 0.05) is 49.1 Å². The number of aryl methyl sites for hydroxylation is 2. The second-order valence-electron chi connectivity index (χ2n) is 5.34. The molecule has 0 saturated heterocycles. The van der Waals surface area contributed by atoms with Crippen molar-refractivity contribution in [1.82, 2.24) is 19.4 Å². The molecular weight excluding hydrogens is 260 g/mol. The van der Waals surface area contributed by atoms with Crippen molar-refractivity contribution < 1.29 is 0 Å². The topological polar surface area (TPSA) is 34.8 Å². The van der Waals surface area contributed by atoms with Gasteiger partial charge in [-0.25, -0.2) is 4.98 Å². The summed E-state index contributed by atoms with van der Waals surface area (Å²) in [5.74, 6) is 0. The van der Waals surface area contributed by atoms with E-state index in [2.05, 4.69) is 56.8 Å². The normalized spacial score (nSPS) is 11.3. The molecule has 2 heterocycles. The van der Waals surface area contributed by atoms with Crippen molar-refractivity contribution >= 4 is 10.9 Å². The molecule has 0 spiro atoms. The number of aromatic nitrogens is 3. The van der Waals surface area contributed by atoms with Crippen LogP contribution in [0.15, 0.2) is 49.2 Å². The lowest BCUT2D eigenvalue weighted by Gasteiger charge is -2.05. The summed E-state index contributed by atoms with van der Waals surface area (Å²) in [5.41, 5.74) is 2.69. The first kappa shape index (κ1) is 13.9. The molecule has 0 radical (unpaired) electrons. The van der Waals surface area contributed by atoms with Crippen molar-refractivity contribution in [3.8, 4) is 0 Å². The molecule has 110 valence electrons. The van der Waals surface area contributed by atoms with Crippen LogP contribution in [0.25, 0.3) is 10.9 Å². The zero-order valence-corrected chi connectivity index (χ0v) is 12.5. The quantitative estimate of drug-likeness (QED) is 0.676. The largest absolute Gasteiger partial charge is 0.345 e. The second kappa shape index (κ2) is 6.59. The van der Waals surface area contributed by atoms with E-state index < -0.39 is 0 Å². The third-order valence-electron chi connectivity index (χ3n) is 3.77. The van der Waals surface area contributed by atoms with Crippen molar-refractivity contribution in [1.29, 1.82) is 0 Å². The maximum absolute atomic E-state index is 4.10. The lowest BCUT2D eigenvalue weighted by molar-refractivity contribution is 0.589. The summed E-state index contributed by atoms with van der Waals surface area (Å²) in [6, 6.07) is 8.64. The van der Waals surface area contributed by atoms with Crippen LogP contribution in [-0.4, -0.2) is 20.7 Å². The lowest BCUT2D eigenvalue weighted by atomic mass is 10.2. The van der Waals surface area contributed by atoms with Gasteiger partial charge in [-0.05, 0) is 24.6 Å². The van der Waals surface area contributed by atoms with E-state index in [4.69, 9.17) is 0 Å². The molecule has 1 N–H and O–H groups in total. The van der Waals surface area contributed by atoms with Crippen molar-refractivity contribution in [2.45, 2.75) is 33.0 Å². The summed E-state index contributed by atoms with van der Waals surface area (Å²) in [6.07, 6.45) is 9.15. The van der Waals surface area contributed by atoms with E-state index in [9.17, 15) is 0 Å². The van der Waals surface area contributed by atoms with Gasteiger partial charge in [0.1, 0.15) is 0 Å². The Morgan fingerprint density at radius 1 is 1.19 bits per heavy atom. The molecule has 4 nitrogen and oxygen atoms in total. The van der Waals surface area contributed by atoms with E-state index >= 15 is 0 Å². The average molecular weight is 282 g/mol. The van der Waals surface area contributed by atoms with Gasteiger partial charge in [-0.15, -0.1) is 0 Å². The Hall–Kier alpha value is -2.07. The molecule has 0 aliphatic rings. The van der Waals surface area contributed by atoms with Gasteiger partial charge in [-0.1, -0.05) is 25.1 Å². The molecule has 21 heavy (non-hydrogen) atoms. The number of nitrogens with zero attached hydrogens (tertiary/aromatic N) is 3. The predicted molar refractivity (Wildman–Crippen MR) is 86.2 cm³/mol. The fourth-order valence-corrected chi connectivity index (χ4v) is 2.69. The predicted octanol–water partition coefficient (Wildman–Crippen LogP) is 3.04. The summed E-state index contributed by atoms with van der Waals surface area (Å²) < 4.78 is 4.46. The van der Waals surface area contributed by atoms with Gasteiger partial charge in [0.15, 0.2) is 0 Å². The SMILES string of the molecule is CCCNCc1cn(CCn2ccnc2)c2ccccc12. The summed E-state index contributed by atoms with van der Waals surface area (Å²) in [5, 5.41) is 4.85. The lowest BCUT2D eigenvalue weighted by Crippen LogP contribution is -2.13. The molecular formula is C17H22N4. The van der Waals surface area contributed by atoms with E-state index in [0.717, 1.165) is 26.2 Å². The van der Waals surface area contributed by atoms with Crippen LogP contribution in [0.2, 0.25) is 0 Å². The van der Waals surface area contributed by atoms with Crippen molar-refractivity contribution in [2.24, 2.45) is 0 Å². The summed E-state index contributed by atoms with van der Waals surface area (Å²) in [7, 11) is 0. The molecule has 0 bridgehead atoms. The first-order valence-electron chi connectivity index (χ1n) is 7.61. The third-order valence-corrected chi connectivity index (χ3v) is 3.77. The van der Waals surface area contributed by atoms with Crippen LogP contribution in [0.1, 0.15) is 18.9 Å². The molecule has 3 aromatic rings. The highest BCUT2D eigenvalue weighted by molar-refractivity contribution is 5.83. The minimum Gasteiger partial charge on any atom is -0.345 e. The Labute approximate surface area is 125 Å². The molecule has 0 amide bonds. The van der Waals surface area contributed by atoms with Gasteiger partial charge in [0.25, 0.3) is 0 Å². The van der Waals surface area contributed by atoms with Gasteiger partial charge in [-0.2, -0.15) is 0 Å². The third kappa shape index (κ3) is 3.16. The number of para-hydroxylation sites is 1. The maximum Gasteiger partial charge on any atom is 0.0946 e. The molecule has 0 atom stereocenters. The van der Waals surface area contributed by atoms with Gasteiger partial charge < -0.3 is 14.5 Å². The van der Waals surface area contributed by atoms with Crippen molar-refractivity contribution in [3.05, 3.63) is 54.7 Å². The van der Waals surface area contributed by atoms with Gasteiger partial charge in [0.2, 0.25) is 0 Å². The Morgan fingerprint density at radius 2 is 2.10 bits per heavy atom. The van der Waals surface area contributed by atoms with Gasteiger partial charge in [-0.3, -0.25) is 0 Å². The smallest absolute Gasteiger partial charge is 0.0946 e. The van der Waals surface area contributed by atoms with Gasteiger partial charge >= 0.3 is 0 Å². The number of nitrogens with one attached hydrogen (secondary N) is 1. The fraction of sp³-hybridized carbons (Fsp3) is 0.353. The first-order chi connectivity index (χ1) is 10.4. The zero-order chi connectivity index (χ0) is 14.5. The molecule has 0 unspecified atom stereocenters. The van der Waals surface area contributed by atoms with Crippen LogP contribution < -0.4 is 5.32 Å². The van der Waals surface area contributed by atoms with Crippen LogP contribution in [-0.2, 0) is 19.6 Å². The first-order valence-corrected chi connectivity index (χ1v) is 7.61. The van der Waals surface area contributed by atoms with E-state index in [1.165, 1.54) is 22.9 Å². The molecule has 0 saturated carbocycles. The number of hydrogen-bond donors (Lipinski definition) is 1. The highest BCUT2D eigenvalue weighted by Gasteiger charge is 2.07. The number of fused-ring (bicyclic) bond motifs is 1. The molecule has 4 heteroatoms.